The lowest BCUT2D eigenvalue weighted by Crippen LogP contribution is -2.41. The average Bonchev–Trinajstić information content (AvgIpc) is 3.07. The lowest BCUT2D eigenvalue weighted by Gasteiger charge is -2.34. The lowest BCUT2D eigenvalue weighted by molar-refractivity contribution is -0.0105. The van der Waals surface area contributed by atoms with Gasteiger partial charge >= 0.3 is 0 Å². The highest BCUT2D eigenvalue weighted by atomic mass is 32.1. The summed E-state index contributed by atoms with van der Waals surface area (Å²) in [7, 11) is 0. The van der Waals surface area contributed by atoms with Gasteiger partial charge in [0.05, 0.1) is 24.3 Å². The van der Waals surface area contributed by atoms with Gasteiger partial charge in [-0.2, -0.15) is 0 Å². The van der Waals surface area contributed by atoms with Crippen LogP contribution in [0.25, 0.3) is 0 Å². The van der Waals surface area contributed by atoms with Crippen LogP contribution in [0.1, 0.15) is 32.1 Å². The normalized spacial score (nSPS) is 24.1. The number of rotatable bonds is 7. The summed E-state index contributed by atoms with van der Waals surface area (Å²) in [6, 6.07) is 0. The fourth-order valence-electron chi connectivity index (χ4n) is 2.86. The Morgan fingerprint density at radius 3 is 2.56 bits per heavy atom. The maximum atomic E-state index is 8.73. The predicted octanol–water partition coefficient (Wildman–Crippen LogP) is 0.916. The van der Waals surface area contributed by atoms with Gasteiger partial charge < -0.3 is 20.5 Å². The second kappa shape index (κ2) is 6.28. The summed E-state index contributed by atoms with van der Waals surface area (Å²) in [5.74, 6) is 0. The van der Waals surface area contributed by atoms with Crippen LogP contribution >= 0.6 is 12.2 Å². The second-order valence-corrected chi connectivity index (χ2v) is 6.24. The molecule has 1 saturated carbocycles. The van der Waals surface area contributed by atoms with Gasteiger partial charge in [-0.25, -0.2) is 0 Å². The van der Waals surface area contributed by atoms with Crippen LogP contribution in [0.2, 0.25) is 0 Å². The van der Waals surface area contributed by atoms with E-state index in [0.717, 1.165) is 38.9 Å². The van der Waals surface area contributed by atoms with E-state index in [9.17, 15) is 0 Å². The molecule has 0 amide bonds. The molecule has 1 aliphatic carbocycles. The summed E-state index contributed by atoms with van der Waals surface area (Å²) in [5, 5.41) is 8.73. The van der Waals surface area contributed by atoms with E-state index in [0.29, 0.717) is 23.1 Å². The van der Waals surface area contributed by atoms with Crippen LogP contribution in [0.4, 0.5) is 0 Å². The summed E-state index contributed by atoms with van der Waals surface area (Å²) in [4.78, 5) is 3.18. The fourth-order valence-corrected chi connectivity index (χ4v) is 3.17. The zero-order valence-electron chi connectivity index (χ0n) is 10.9. The first kappa shape index (κ1) is 14.2. The Morgan fingerprint density at radius 2 is 2.06 bits per heavy atom. The SMILES string of the molecule is NC(=S)CC1(CN2CCC(OCCO)CC2)CC1. The lowest BCUT2D eigenvalue weighted by atomic mass is 9.99. The molecule has 104 valence electrons. The molecule has 0 aromatic rings. The van der Waals surface area contributed by atoms with Gasteiger partial charge in [0.2, 0.25) is 0 Å². The third kappa shape index (κ3) is 4.16. The molecule has 0 spiro atoms. The molecule has 0 unspecified atom stereocenters. The van der Waals surface area contributed by atoms with Crippen molar-refractivity contribution in [2.75, 3.05) is 32.8 Å². The Kier molecular flexibility index (Phi) is 4.95. The molecule has 18 heavy (non-hydrogen) atoms. The maximum absolute atomic E-state index is 8.73. The Morgan fingerprint density at radius 1 is 1.39 bits per heavy atom. The van der Waals surface area contributed by atoms with E-state index in [4.69, 9.17) is 27.8 Å². The smallest absolute Gasteiger partial charge is 0.0733 e. The number of piperidine rings is 1. The van der Waals surface area contributed by atoms with Gasteiger partial charge in [0.25, 0.3) is 0 Å². The first-order chi connectivity index (χ1) is 8.63. The van der Waals surface area contributed by atoms with Crippen molar-refractivity contribution in [1.29, 1.82) is 0 Å². The van der Waals surface area contributed by atoms with Crippen LogP contribution in [0.15, 0.2) is 0 Å². The molecule has 1 heterocycles. The van der Waals surface area contributed by atoms with Crippen molar-refractivity contribution in [2.45, 2.75) is 38.2 Å². The number of hydrogen-bond acceptors (Lipinski definition) is 4. The van der Waals surface area contributed by atoms with Crippen molar-refractivity contribution >= 4 is 17.2 Å². The van der Waals surface area contributed by atoms with Crippen molar-refractivity contribution < 1.29 is 9.84 Å². The highest BCUT2D eigenvalue weighted by Crippen LogP contribution is 2.49. The van der Waals surface area contributed by atoms with E-state index < -0.39 is 0 Å². The Labute approximate surface area is 114 Å². The number of thiocarbonyl (C=S) groups is 1. The molecule has 4 nitrogen and oxygen atoms in total. The van der Waals surface area contributed by atoms with E-state index in [1.165, 1.54) is 12.8 Å². The van der Waals surface area contributed by atoms with Crippen LogP contribution in [-0.4, -0.2) is 53.9 Å². The molecule has 0 radical (unpaired) electrons. The van der Waals surface area contributed by atoms with Crippen LogP contribution in [0, 0.1) is 5.41 Å². The number of likely N-dealkylation sites (tertiary alicyclic amines) is 1. The summed E-state index contributed by atoms with van der Waals surface area (Å²) < 4.78 is 5.57. The van der Waals surface area contributed by atoms with Gasteiger partial charge in [-0.1, -0.05) is 12.2 Å². The molecule has 2 fully saturated rings. The largest absolute Gasteiger partial charge is 0.394 e. The van der Waals surface area contributed by atoms with Crippen molar-refractivity contribution in [2.24, 2.45) is 11.1 Å². The molecule has 2 aliphatic rings. The van der Waals surface area contributed by atoms with E-state index >= 15 is 0 Å². The van der Waals surface area contributed by atoms with E-state index in [-0.39, 0.29) is 6.61 Å². The average molecular weight is 272 g/mol. The number of aliphatic hydroxyl groups excluding tert-OH is 1. The second-order valence-electron chi connectivity index (χ2n) is 5.71. The van der Waals surface area contributed by atoms with Crippen LogP contribution in [0.3, 0.4) is 0 Å². The van der Waals surface area contributed by atoms with E-state index in [2.05, 4.69) is 4.90 Å². The zero-order chi connectivity index (χ0) is 13.0. The molecular weight excluding hydrogens is 248 g/mol. The topological polar surface area (TPSA) is 58.7 Å². The molecule has 1 saturated heterocycles. The third-order valence-electron chi connectivity index (χ3n) is 4.04. The molecule has 0 atom stereocenters. The van der Waals surface area contributed by atoms with Crippen LogP contribution < -0.4 is 5.73 Å². The van der Waals surface area contributed by atoms with Crippen LogP contribution in [-0.2, 0) is 4.74 Å². The van der Waals surface area contributed by atoms with Crippen LogP contribution in [0.5, 0.6) is 0 Å². The van der Waals surface area contributed by atoms with Crippen molar-refractivity contribution in [1.82, 2.24) is 4.90 Å². The molecule has 0 aromatic carbocycles. The standard InChI is InChI=1S/C13H24N2O2S/c14-12(18)9-13(3-4-13)10-15-5-1-11(2-6-15)17-8-7-16/h11,16H,1-10H2,(H2,14,18). The molecule has 5 heteroatoms. The van der Waals surface area contributed by atoms with Gasteiger partial charge in [-0.15, -0.1) is 0 Å². The summed E-state index contributed by atoms with van der Waals surface area (Å²) in [6.45, 7) is 3.91. The molecule has 0 aromatic heterocycles. The van der Waals surface area contributed by atoms with Gasteiger partial charge in [0.15, 0.2) is 0 Å². The monoisotopic (exact) mass is 272 g/mol. The zero-order valence-corrected chi connectivity index (χ0v) is 11.8. The molecular formula is C13H24N2O2S. The number of ether oxygens (including phenoxy) is 1. The summed E-state index contributed by atoms with van der Waals surface area (Å²) >= 11 is 5.03. The summed E-state index contributed by atoms with van der Waals surface area (Å²) in [6.07, 6.45) is 5.92. The van der Waals surface area contributed by atoms with E-state index in [1.54, 1.807) is 0 Å². The van der Waals surface area contributed by atoms with Gasteiger partial charge in [0.1, 0.15) is 0 Å². The highest BCUT2D eigenvalue weighted by molar-refractivity contribution is 7.80. The number of nitrogens with two attached hydrogens (primary N) is 1. The van der Waals surface area contributed by atoms with E-state index in [1.807, 2.05) is 0 Å². The predicted molar refractivity (Wildman–Crippen MR) is 75.6 cm³/mol. The number of hydrogen-bond donors (Lipinski definition) is 2. The van der Waals surface area contributed by atoms with Gasteiger partial charge in [0, 0.05) is 26.1 Å². The first-order valence-electron chi connectivity index (χ1n) is 6.87. The highest BCUT2D eigenvalue weighted by Gasteiger charge is 2.44. The first-order valence-corrected chi connectivity index (χ1v) is 7.27. The molecule has 2 rings (SSSR count). The Hall–Kier alpha value is -0.230. The maximum Gasteiger partial charge on any atom is 0.0733 e. The molecule has 3 N–H and O–H groups in total. The van der Waals surface area contributed by atoms with Crippen molar-refractivity contribution in [3.05, 3.63) is 0 Å². The molecule has 1 aliphatic heterocycles. The Balaban J connectivity index is 1.69. The van der Waals surface area contributed by atoms with Crippen molar-refractivity contribution in [3.63, 3.8) is 0 Å². The minimum absolute atomic E-state index is 0.122. The Bertz CT molecular complexity index is 287. The quantitative estimate of drug-likeness (QED) is 0.675. The van der Waals surface area contributed by atoms with Gasteiger partial charge in [-0.05, 0) is 31.1 Å². The van der Waals surface area contributed by atoms with Crippen molar-refractivity contribution in [3.8, 4) is 0 Å². The van der Waals surface area contributed by atoms with Gasteiger partial charge in [-0.3, -0.25) is 0 Å². The summed E-state index contributed by atoms with van der Waals surface area (Å²) in [5.41, 5.74) is 6.06. The number of aliphatic hydroxyl groups is 1. The third-order valence-corrected chi connectivity index (χ3v) is 4.19. The number of nitrogens with zero attached hydrogens (tertiary/aromatic N) is 1. The molecule has 0 bridgehead atoms. The minimum atomic E-state index is 0.122. The fraction of sp³-hybridized carbons (Fsp3) is 0.923. The minimum Gasteiger partial charge on any atom is -0.394 e.